The minimum atomic E-state index is -0.489. The highest BCUT2D eigenvalue weighted by molar-refractivity contribution is 6.00. The zero-order chi connectivity index (χ0) is 45.7. The van der Waals surface area contributed by atoms with Gasteiger partial charge in [0.25, 0.3) is 0 Å². The summed E-state index contributed by atoms with van der Waals surface area (Å²) < 4.78 is 0. The molecule has 2 aliphatic carbocycles. The summed E-state index contributed by atoms with van der Waals surface area (Å²) >= 11 is 0. The molecule has 0 N–H and O–H groups in total. The summed E-state index contributed by atoms with van der Waals surface area (Å²) in [6.45, 7) is 0. The first-order chi connectivity index (χ1) is 34.2. The Morgan fingerprint density at radius 1 is 0.203 bits per heavy atom. The Kier molecular flexibility index (Phi) is 9.77. The van der Waals surface area contributed by atoms with Gasteiger partial charge in [0.15, 0.2) is 0 Å². The highest BCUT2D eigenvalue weighted by Gasteiger charge is 2.52. The van der Waals surface area contributed by atoms with Crippen molar-refractivity contribution in [1.82, 2.24) is 0 Å². The molecule has 1 atom stereocenters. The van der Waals surface area contributed by atoms with Crippen LogP contribution in [0.3, 0.4) is 0 Å². The molecule has 0 radical (unpaired) electrons. The summed E-state index contributed by atoms with van der Waals surface area (Å²) in [6, 6.07) is 102. The van der Waals surface area contributed by atoms with Crippen LogP contribution in [-0.4, -0.2) is 0 Å². The molecular formula is C67H46N2. The number of benzene rings is 11. The van der Waals surface area contributed by atoms with E-state index in [2.05, 4.69) is 289 Å². The number of nitrogens with zero attached hydrogens (tertiary/aromatic N) is 2. The van der Waals surface area contributed by atoms with E-state index in [1.807, 2.05) is 0 Å². The molecule has 0 saturated heterocycles. The van der Waals surface area contributed by atoms with E-state index in [0.717, 1.165) is 34.1 Å². The van der Waals surface area contributed by atoms with Crippen molar-refractivity contribution in [3.8, 4) is 55.6 Å². The van der Waals surface area contributed by atoms with E-state index in [1.165, 1.54) is 77.9 Å². The second kappa shape index (κ2) is 16.7. The van der Waals surface area contributed by atoms with Crippen LogP contribution in [0, 0.1) is 0 Å². The largest absolute Gasteiger partial charge is 0.311 e. The van der Waals surface area contributed by atoms with E-state index in [0.29, 0.717) is 0 Å². The summed E-state index contributed by atoms with van der Waals surface area (Å²) in [7, 11) is 0. The van der Waals surface area contributed by atoms with Gasteiger partial charge in [-0.1, -0.05) is 200 Å². The van der Waals surface area contributed by atoms with Gasteiger partial charge in [-0.05, 0) is 157 Å². The highest BCUT2D eigenvalue weighted by atomic mass is 15.1. The van der Waals surface area contributed by atoms with Crippen LogP contribution in [0.25, 0.3) is 55.6 Å². The Bertz CT molecular complexity index is 3580. The fourth-order valence-electron chi connectivity index (χ4n) is 11.3. The number of anilines is 6. The minimum Gasteiger partial charge on any atom is -0.311 e. The van der Waals surface area contributed by atoms with Crippen molar-refractivity contribution >= 4 is 34.1 Å². The van der Waals surface area contributed by atoms with Gasteiger partial charge in [-0.15, -0.1) is 0 Å². The Morgan fingerprint density at radius 2 is 0.551 bits per heavy atom. The molecule has 0 fully saturated rings. The summed E-state index contributed by atoms with van der Waals surface area (Å²) in [5.74, 6) is 0. The maximum atomic E-state index is 2.48. The SMILES string of the molecule is c1ccc(-c2ccc(N(c3ccccc3)c3ccc(-c4cccc5c4-c4ccccc4C54c5ccccc5-c5ccc(-c6ccc(N(c7ccccc7)c7ccccc7)cc6)cc54)cc3)cc2)cc1. The van der Waals surface area contributed by atoms with E-state index >= 15 is 0 Å². The van der Waals surface area contributed by atoms with Gasteiger partial charge in [0.1, 0.15) is 0 Å². The zero-order valence-electron chi connectivity index (χ0n) is 38.0. The molecule has 2 nitrogen and oxygen atoms in total. The van der Waals surface area contributed by atoms with Gasteiger partial charge in [0.05, 0.1) is 5.41 Å². The van der Waals surface area contributed by atoms with E-state index in [4.69, 9.17) is 0 Å². The number of fused-ring (bicyclic) bond motifs is 10. The molecule has 69 heavy (non-hydrogen) atoms. The molecule has 2 aliphatic rings. The fourth-order valence-corrected chi connectivity index (χ4v) is 11.3. The molecule has 11 aromatic carbocycles. The second-order valence-electron chi connectivity index (χ2n) is 18.0. The molecule has 1 unspecified atom stereocenters. The van der Waals surface area contributed by atoms with Crippen molar-refractivity contribution in [2.45, 2.75) is 5.41 Å². The van der Waals surface area contributed by atoms with Crippen molar-refractivity contribution in [3.63, 3.8) is 0 Å². The molecule has 324 valence electrons. The number of hydrogen-bond acceptors (Lipinski definition) is 2. The van der Waals surface area contributed by atoms with Crippen molar-refractivity contribution in [2.75, 3.05) is 9.80 Å². The van der Waals surface area contributed by atoms with E-state index < -0.39 is 5.41 Å². The first-order valence-electron chi connectivity index (χ1n) is 23.8. The molecule has 13 rings (SSSR count). The van der Waals surface area contributed by atoms with Crippen LogP contribution in [0.15, 0.2) is 279 Å². The Labute approximate surface area is 404 Å². The summed E-state index contributed by atoms with van der Waals surface area (Å²) in [4.78, 5) is 4.66. The van der Waals surface area contributed by atoms with Gasteiger partial charge in [0.2, 0.25) is 0 Å². The van der Waals surface area contributed by atoms with Crippen molar-refractivity contribution in [1.29, 1.82) is 0 Å². The van der Waals surface area contributed by atoms with E-state index in [9.17, 15) is 0 Å². The molecule has 2 heteroatoms. The van der Waals surface area contributed by atoms with Gasteiger partial charge in [-0.25, -0.2) is 0 Å². The van der Waals surface area contributed by atoms with Crippen LogP contribution in [0.2, 0.25) is 0 Å². The Hall–Kier alpha value is -8.98. The topological polar surface area (TPSA) is 6.48 Å². The predicted octanol–water partition coefficient (Wildman–Crippen LogP) is 18.0. The Balaban J connectivity index is 0.911. The molecule has 0 aromatic heterocycles. The third-order valence-electron chi connectivity index (χ3n) is 14.3. The summed E-state index contributed by atoms with van der Waals surface area (Å²) in [5.41, 5.74) is 23.9. The first-order valence-corrected chi connectivity index (χ1v) is 23.8. The summed E-state index contributed by atoms with van der Waals surface area (Å²) in [5, 5.41) is 0. The van der Waals surface area contributed by atoms with Crippen LogP contribution >= 0.6 is 0 Å². The lowest BCUT2D eigenvalue weighted by atomic mass is 9.70. The van der Waals surface area contributed by atoms with Gasteiger partial charge in [0, 0.05) is 34.1 Å². The smallest absolute Gasteiger partial charge is 0.0725 e. The molecule has 1 spiro atoms. The average Bonchev–Trinajstić information content (AvgIpc) is 3.90. The van der Waals surface area contributed by atoms with Crippen molar-refractivity contribution in [2.24, 2.45) is 0 Å². The first kappa shape index (κ1) is 40.3. The molecule has 0 saturated carbocycles. The quantitative estimate of drug-likeness (QED) is 0.143. The molecule has 0 aliphatic heterocycles. The number of hydrogen-bond donors (Lipinski definition) is 0. The lowest BCUT2D eigenvalue weighted by Gasteiger charge is -2.31. The third-order valence-corrected chi connectivity index (χ3v) is 14.3. The summed E-state index contributed by atoms with van der Waals surface area (Å²) in [6.07, 6.45) is 0. The molecule has 11 aromatic rings. The van der Waals surface area contributed by atoms with Crippen LogP contribution in [0.5, 0.6) is 0 Å². The van der Waals surface area contributed by atoms with Crippen molar-refractivity contribution < 1.29 is 0 Å². The lowest BCUT2D eigenvalue weighted by Crippen LogP contribution is -2.25. The maximum Gasteiger partial charge on any atom is 0.0725 e. The zero-order valence-corrected chi connectivity index (χ0v) is 38.0. The average molecular weight is 879 g/mol. The predicted molar refractivity (Wildman–Crippen MR) is 288 cm³/mol. The van der Waals surface area contributed by atoms with Gasteiger partial charge < -0.3 is 9.80 Å². The normalized spacial score (nSPS) is 13.9. The lowest BCUT2D eigenvalue weighted by molar-refractivity contribution is 0.794. The van der Waals surface area contributed by atoms with E-state index in [1.54, 1.807) is 0 Å². The fraction of sp³-hybridized carbons (Fsp3) is 0.0149. The van der Waals surface area contributed by atoms with Crippen LogP contribution in [0.1, 0.15) is 22.3 Å². The maximum absolute atomic E-state index is 2.48. The molecular weight excluding hydrogens is 833 g/mol. The molecule has 0 amide bonds. The standard InChI is InChI=1S/C67H46N2/c1-5-18-47(19-6-1)48-32-39-56(40-33-48)69(54-24-11-4-12-25-54)57-43-36-50(37-44-57)58-28-17-31-64-66(58)61-27-14-16-30-63(61)67(64)62-29-15-13-26-59(62)60-45-38-51(46-65(60)67)49-34-41-55(42-35-49)68(52-20-7-2-8-21-52)53-22-9-3-10-23-53/h1-46H. The minimum absolute atomic E-state index is 0.489. The van der Waals surface area contributed by atoms with E-state index in [-0.39, 0.29) is 0 Å². The van der Waals surface area contributed by atoms with Gasteiger partial charge >= 0.3 is 0 Å². The second-order valence-corrected chi connectivity index (χ2v) is 18.0. The molecule has 0 heterocycles. The highest BCUT2D eigenvalue weighted by Crippen LogP contribution is 2.64. The van der Waals surface area contributed by atoms with Gasteiger partial charge in [-0.2, -0.15) is 0 Å². The monoisotopic (exact) mass is 878 g/mol. The van der Waals surface area contributed by atoms with Gasteiger partial charge in [-0.3, -0.25) is 0 Å². The molecule has 0 bridgehead atoms. The van der Waals surface area contributed by atoms with Crippen LogP contribution in [0.4, 0.5) is 34.1 Å². The van der Waals surface area contributed by atoms with Crippen LogP contribution < -0.4 is 9.80 Å². The Morgan fingerprint density at radius 3 is 1.09 bits per heavy atom. The number of para-hydroxylation sites is 3. The number of rotatable bonds is 9. The van der Waals surface area contributed by atoms with Crippen LogP contribution in [-0.2, 0) is 5.41 Å². The van der Waals surface area contributed by atoms with Crippen molar-refractivity contribution in [3.05, 3.63) is 301 Å². The third kappa shape index (κ3) is 6.64.